The summed E-state index contributed by atoms with van der Waals surface area (Å²) in [7, 11) is 3.10. The van der Waals surface area contributed by atoms with Crippen LogP contribution in [-0.2, 0) is 4.79 Å². The summed E-state index contributed by atoms with van der Waals surface area (Å²) in [6, 6.07) is 15.1. The average Bonchev–Trinajstić information content (AvgIpc) is 2.66. The summed E-state index contributed by atoms with van der Waals surface area (Å²) in [5.41, 5.74) is 0.664. The number of benzene rings is 2. The zero-order chi connectivity index (χ0) is 18.1. The normalized spacial score (nSPS) is 11.6. The van der Waals surface area contributed by atoms with E-state index in [4.69, 9.17) is 9.47 Å². The highest BCUT2D eigenvalue weighted by atomic mass is 32.2. The van der Waals surface area contributed by atoms with E-state index in [1.807, 2.05) is 30.3 Å². The van der Waals surface area contributed by atoms with Gasteiger partial charge in [-0.3, -0.25) is 4.79 Å². The molecule has 0 saturated heterocycles. The van der Waals surface area contributed by atoms with Crippen LogP contribution in [-0.4, -0.2) is 37.5 Å². The molecule has 0 radical (unpaired) electrons. The van der Waals surface area contributed by atoms with Crippen molar-refractivity contribution in [2.45, 2.75) is 17.4 Å². The molecule has 0 spiro atoms. The molecule has 25 heavy (non-hydrogen) atoms. The third-order valence-electron chi connectivity index (χ3n) is 3.63. The van der Waals surface area contributed by atoms with Crippen LogP contribution in [0, 0.1) is 0 Å². The Balaban J connectivity index is 1.77. The maximum absolute atomic E-state index is 11.9. The molecule has 0 aliphatic rings. The summed E-state index contributed by atoms with van der Waals surface area (Å²) in [5.74, 6) is 1.76. The zero-order valence-corrected chi connectivity index (χ0v) is 15.2. The lowest BCUT2D eigenvalue weighted by atomic mass is 10.1. The van der Waals surface area contributed by atoms with Crippen LogP contribution in [0.2, 0.25) is 0 Å². The Labute approximate surface area is 152 Å². The van der Waals surface area contributed by atoms with E-state index in [9.17, 15) is 9.90 Å². The van der Waals surface area contributed by atoms with Crippen molar-refractivity contribution < 1.29 is 19.4 Å². The summed E-state index contributed by atoms with van der Waals surface area (Å²) in [4.78, 5) is 13.1. The van der Waals surface area contributed by atoms with Gasteiger partial charge in [-0.1, -0.05) is 24.3 Å². The molecule has 2 N–H and O–H groups in total. The Kier molecular flexibility index (Phi) is 7.63. The van der Waals surface area contributed by atoms with E-state index in [2.05, 4.69) is 5.32 Å². The van der Waals surface area contributed by atoms with Gasteiger partial charge in [0, 0.05) is 23.6 Å². The SMILES string of the molecule is COc1ccc(C(O)CNC(=O)CCSc2ccccc2)cc1OC. The summed E-state index contributed by atoms with van der Waals surface area (Å²) in [6.45, 7) is 0.157. The Hall–Kier alpha value is -2.18. The number of carbonyl (C=O) groups excluding carboxylic acids is 1. The minimum absolute atomic E-state index is 0.0806. The number of ether oxygens (including phenoxy) is 2. The number of aliphatic hydroxyl groups excluding tert-OH is 1. The smallest absolute Gasteiger partial charge is 0.220 e. The third-order valence-corrected chi connectivity index (χ3v) is 4.64. The van der Waals surface area contributed by atoms with Gasteiger partial charge in [0.2, 0.25) is 5.91 Å². The van der Waals surface area contributed by atoms with E-state index in [1.54, 1.807) is 44.2 Å². The van der Waals surface area contributed by atoms with E-state index in [0.29, 0.717) is 29.2 Å². The second-order valence-corrected chi connectivity index (χ2v) is 6.51. The number of amides is 1. The lowest BCUT2D eigenvalue weighted by Crippen LogP contribution is -2.28. The fraction of sp³-hybridized carbons (Fsp3) is 0.316. The van der Waals surface area contributed by atoms with Crippen LogP contribution in [0.3, 0.4) is 0 Å². The van der Waals surface area contributed by atoms with Gasteiger partial charge < -0.3 is 19.9 Å². The Bertz CT molecular complexity index is 678. The van der Waals surface area contributed by atoms with Crippen LogP contribution < -0.4 is 14.8 Å². The molecule has 0 fully saturated rings. The first kappa shape index (κ1) is 19.1. The molecular formula is C19H23NO4S. The summed E-state index contributed by atoms with van der Waals surface area (Å²) in [5, 5.41) is 13.0. The highest BCUT2D eigenvalue weighted by Crippen LogP contribution is 2.29. The number of thioether (sulfide) groups is 1. The van der Waals surface area contributed by atoms with Crippen LogP contribution in [0.25, 0.3) is 0 Å². The number of carbonyl (C=O) groups is 1. The predicted molar refractivity (Wildman–Crippen MR) is 99.3 cm³/mol. The lowest BCUT2D eigenvalue weighted by molar-refractivity contribution is -0.121. The summed E-state index contributed by atoms with van der Waals surface area (Å²) < 4.78 is 10.4. The average molecular weight is 361 g/mol. The number of nitrogens with one attached hydrogen (secondary N) is 1. The second-order valence-electron chi connectivity index (χ2n) is 5.35. The van der Waals surface area contributed by atoms with Gasteiger partial charge in [0.05, 0.1) is 20.3 Å². The first-order valence-corrected chi connectivity index (χ1v) is 8.97. The molecule has 2 rings (SSSR count). The van der Waals surface area contributed by atoms with Crippen molar-refractivity contribution in [3.8, 4) is 11.5 Å². The van der Waals surface area contributed by atoms with Crippen LogP contribution in [0.5, 0.6) is 11.5 Å². The molecule has 6 heteroatoms. The highest BCUT2D eigenvalue weighted by Gasteiger charge is 2.13. The number of hydrogen-bond donors (Lipinski definition) is 2. The van der Waals surface area contributed by atoms with Gasteiger partial charge >= 0.3 is 0 Å². The summed E-state index contributed by atoms with van der Waals surface area (Å²) in [6.07, 6.45) is -0.399. The molecule has 1 amide bonds. The first-order chi connectivity index (χ1) is 12.1. The van der Waals surface area contributed by atoms with E-state index in [0.717, 1.165) is 4.90 Å². The molecule has 0 heterocycles. The zero-order valence-electron chi connectivity index (χ0n) is 14.4. The van der Waals surface area contributed by atoms with Crippen molar-refractivity contribution in [2.75, 3.05) is 26.5 Å². The van der Waals surface area contributed by atoms with Crippen molar-refractivity contribution in [2.24, 2.45) is 0 Å². The van der Waals surface area contributed by atoms with Crippen LogP contribution >= 0.6 is 11.8 Å². The molecular weight excluding hydrogens is 338 g/mol. The van der Waals surface area contributed by atoms with Crippen molar-refractivity contribution in [3.63, 3.8) is 0 Å². The van der Waals surface area contributed by atoms with Crippen molar-refractivity contribution in [1.29, 1.82) is 0 Å². The molecule has 0 aliphatic heterocycles. The van der Waals surface area contributed by atoms with Crippen molar-refractivity contribution in [3.05, 3.63) is 54.1 Å². The van der Waals surface area contributed by atoms with Gasteiger partial charge in [-0.05, 0) is 29.8 Å². The topological polar surface area (TPSA) is 67.8 Å². The van der Waals surface area contributed by atoms with Gasteiger partial charge in [0.25, 0.3) is 0 Å². The minimum Gasteiger partial charge on any atom is -0.493 e. The number of rotatable bonds is 9. The van der Waals surface area contributed by atoms with Crippen LogP contribution in [0.15, 0.2) is 53.4 Å². The monoisotopic (exact) mass is 361 g/mol. The standard InChI is InChI=1S/C19H23NO4S/c1-23-17-9-8-14(12-18(17)24-2)16(21)13-20-19(22)10-11-25-15-6-4-3-5-7-15/h3-9,12,16,21H,10-11,13H2,1-2H3,(H,20,22). The van der Waals surface area contributed by atoms with E-state index < -0.39 is 6.10 Å². The van der Waals surface area contributed by atoms with Gasteiger partial charge in [0.15, 0.2) is 11.5 Å². The van der Waals surface area contributed by atoms with Gasteiger partial charge in [0.1, 0.15) is 0 Å². The molecule has 2 aromatic carbocycles. The third kappa shape index (κ3) is 5.99. The van der Waals surface area contributed by atoms with Crippen LogP contribution in [0.1, 0.15) is 18.1 Å². The highest BCUT2D eigenvalue weighted by molar-refractivity contribution is 7.99. The number of methoxy groups -OCH3 is 2. The Morgan fingerprint density at radius 3 is 2.52 bits per heavy atom. The van der Waals surface area contributed by atoms with Gasteiger partial charge in [-0.25, -0.2) is 0 Å². The molecule has 0 bridgehead atoms. The van der Waals surface area contributed by atoms with Crippen molar-refractivity contribution in [1.82, 2.24) is 5.32 Å². The molecule has 0 aromatic heterocycles. The van der Waals surface area contributed by atoms with E-state index in [1.165, 1.54) is 0 Å². The number of aliphatic hydroxyl groups is 1. The van der Waals surface area contributed by atoms with Gasteiger partial charge in [-0.15, -0.1) is 11.8 Å². The fourth-order valence-corrected chi connectivity index (χ4v) is 3.13. The molecule has 0 aliphatic carbocycles. The maximum atomic E-state index is 11.9. The Morgan fingerprint density at radius 2 is 1.84 bits per heavy atom. The quantitative estimate of drug-likeness (QED) is 0.672. The predicted octanol–water partition coefficient (Wildman–Crippen LogP) is 3.04. The van der Waals surface area contributed by atoms with E-state index >= 15 is 0 Å². The number of hydrogen-bond acceptors (Lipinski definition) is 5. The lowest BCUT2D eigenvalue weighted by Gasteiger charge is -2.15. The minimum atomic E-state index is -0.800. The molecule has 134 valence electrons. The molecule has 0 saturated carbocycles. The first-order valence-electron chi connectivity index (χ1n) is 7.98. The van der Waals surface area contributed by atoms with Crippen LogP contribution in [0.4, 0.5) is 0 Å². The molecule has 5 nitrogen and oxygen atoms in total. The molecule has 1 atom stereocenters. The van der Waals surface area contributed by atoms with Gasteiger partial charge in [-0.2, -0.15) is 0 Å². The maximum Gasteiger partial charge on any atom is 0.220 e. The second kappa shape index (κ2) is 9.96. The summed E-state index contributed by atoms with van der Waals surface area (Å²) >= 11 is 1.63. The van der Waals surface area contributed by atoms with Crippen molar-refractivity contribution >= 4 is 17.7 Å². The fourth-order valence-electron chi connectivity index (χ4n) is 2.26. The largest absolute Gasteiger partial charge is 0.493 e. The van der Waals surface area contributed by atoms with E-state index in [-0.39, 0.29) is 12.5 Å². The molecule has 1 unspecified atom stereocenters. The molecule has 2 aromatic rings. The Morgan fingerprint density at radius 1 is 1.12 bits per heavy atom.